The molecule has 4 aromatic rings. The van der Waals surface area contributed by atoms with Crippen molar-refractivity contribution in [2.45, 2.75) is 37.7 Å². The van der Waals surface area contributed by atoms with Crippen molar-refractivity contribution < 1.29 is 50.9 Å². The molecule has 17 heteroatoms. The van der Waals surface area contributed by atoms with Gasteiger partial charge in [0.1, 0.15) is 5.82 Å². The number of nitrogens with one attached hydrogen (secondary N) is 1. The summed E-state index contributed by atoms with van der Waals surface area (Å²) in [5.74, 6) is -4.38. The van der Waals surface area contributed by atoms with Gasteiger partial charge in [0.15, 0.2) is 5.65 Å². The Morgan fingerprint density at radius 3 is 2.09 bits per heavy atom. The number of likely N-dealkylation sites (tertiary alicyclic amines) is 1. The maximum atomic E-state index is 12.7. The topological polar surface area (TPSA) is 150 Å². The van der Waals surface area contributed by atoms with Gasteiger partial charge in [0.2, 0.25) is 0 Å². The molecule has 11 nitrogen and oxygen atoms in total. The van der Waals surface area contributed by atoms with Gasteiger partial charge < -0.3 is 15.5 Å². The van der Waals surface area contributed by atoms with Crippen molar-refractivity contribution in [3.63, 3.8) is 0 Å². The second-order valence-electron chi connectivity index (χ2n) is 9.84. The number of alkyl halides is 6. The van der Waals surface area contributed by atoms with Gasteiger partial charge in [-0.1, -0.05) is 36.4 Å². The minimum atomic E-state index is -5.08. The van der Waals surface area contributed by atoms with Gasteiger partial charge in [0.05, 0.1) is 5.56 Å². The summed E-state index contributed by atoms with van der Waals surface area (Å²) < 4.78 is 65.4. The maximum absolute atomic E-state index is 12.7. The van der Waals surface area contributed by atoms with Gasteiger partial charge in [-0.3, -0.25) is 19.1 Å². The number of carbonyl (C=O) groups is 3. The quantitative estimate of drug-likeness (QED) is 0.247. The van der Waals surface area contributed by atoms with Gasteiger partial charge in [-0.2, -0.15) is 26.3 Å². The van der Waals surface area contributed by atoms with Crippen molar-refractivity contribution >= 4 is 23.5 Å². The van der Waals surface area contributed by atoms with E-state index >= 15 is 0 Å². The molecule has 0 spiro atoms. The van der Waals surface area contributed by atoms with E-state index in [9.17, 15) is 31.1 Å². The minimum Gasteiger partial charge on any atom is -0.475 e. The third-order valence-corrected chi connectivity index (χ3v) is 6.46. The van der Waals surface area contributed by atoms with Crippen LogP contribution in [0.25, 0.3) is 5.65 Å². The Kier molecular flexibility index (Phi) is 12.2. The number of aliphatic carboxylic acids is 2. The molecule has 1 aliphatic rings. The van der Waals surface area contributed by atoms with Gasteiger partial charge in [-0.05, 0) is 42.8 Å². The minimum absolute atomic E-state index is 0.0976. The summed E-state index contributed by atoms with van der Waals surface area (Å²) in [7, 11) is 0. The van der Waals surface area contributed by atoms with Crippen LogP contribution in [0.2, 0.25) is 0 Å². The highest BCUT2D eigenvalue weighted by Crippen LogP contribution is 2.27. The number of halogens is 6. The lowest BCUT2D eigenvalue weighted by atomic mass is 10.1. The predicted octanol–water partition coefficient (Wildman–Crippen LogP) is 4.35. The lowest BCUT2D eigenvalue weighted by Gasteiger charge is -2.15. The molecule has 1 saturated heterocycles. The third-order valence-electron chi connectivity index (χ3n) is 6.46. The largest absolute Gasteiger partial charge is 0.490 e. The molecular weight excluding hydrogens is 626 g/mol. The van der Waals surface area contributed by atoms with E-state index in [1.807, 2.05) is 40.9 Å². The molecule has 0 aliphatic carbocycles. The van der Waals surface area contributed by atoms with Crippen LogP contribution < -0.4 is 5.32 Å². The van der Waals surface area contributed by atoms with Crippen LogP contribution in [-0.4, -0.2) is 84.5 Å². The number of benzene rings is 1. The van der Waals surface area contributed by atoms with Crippen molar-refractivity contribution in [2.24, 2.45) is 0 Å². The molecule has 3 aromatic heterocycles. The van der Waals surface area contributed by atoms with Gasteiger partial charge in [-0.15, -0.1) is 10.2 Å². The van der Waals surface area contributed by atoms with Crippen LogP contribution in [-0.2, 0) is 22.6 Å². The second-order valence-corrected chi connectivity index (χ2v) is 9.84. The normalized spacial score (nSPS) is 14.9. The molecule has 0 bridgehead atoms. The van der Waals surface area contributed by atoms with Crippen LogP contribution in [0, 0.1) is 0 Å². The van der Waals surface area contributed by atoms with Crippen LogP contribution in [0.1, 0.15) is 39.8 Å². The predicted molar refractivity (Wildman–Crippen MR) is 150 cm³/mol. The fourth-order valence-corrected chi connectivity index (χ4v) is 4.30. The standard InChI is InChI=1S/C25H26N6O.2C2HF3O2/c32-25(27-14-11-22-8-4-5-13-26-22)21-9-10-23-28-29-24(31(23)18-21)20-12-15-30(17-20)16-19-6-2-1-3-7-19;2*3-2(4,5)1(6)7/h1-10,13,18,20H,11-12,14-17H2,(H,27,32);2*(H,6,7). The molecule has 46 heavy (non-hydrogen) atoms. The van der Waals surface area contributed by atoms with Gasteiger partial charge >= 0.3 is 24.3 Å². The molecule has 4 heterocycles. The average molecular weight is 655 g/mol. The van der Waals surface area contributed by atoms with Crippen LogP contribution in [0.5, 0.6) is 0 Å². The van der Waals surface area contributed by atoms with Crippen LogP contribution >= 0.6 is 0 Å². The number of carbonyl (C=O) groups excluding carboxylic acids is 1. The van der Waals surface area contributed by atoms with E-state index in [4.69, 9.17) is 19.8 Å². The Labute approximate surface area is 257 Å². The molecule has 3 N–H and O–H groups in total. The summed E-state index contributed by atoms with van der Waals surface area (Å²) >= 11 is 0. The molecule has 1 aliphatic heterocycles. The molecule has 0 radical (unpaired) electrons. The molecule has 0 saturated carbocycles. The highest BCUT2D eigenvalue weighted by Gasteiger charge is 2.39. The zero-order chi connectivity index (χ0) is 33.9. The fourth-order valence-electron chi connectivity index (χ4n) is 4.30. The Hall–Kier alpha value is -5.06. The van der Waals surface area contributed by atoms with Gasteiger partial charge in [-0.25, -0.2) is 9.59 Å². The summed E-state index contributed by atoms with van der Waals surface area (Å²) in [6.07, 6.45) is -4.80. The molecular formula is C29H28F6N6O5. The first-order chi connectivity index (χ1) is 21.6. The maximum Gasteiger partial charge on any atom is 0.490 e. The van der Waals surface area contributed by atoms with E-state index in [1.165, 1.54) is 5.56 Å². The molecule has 1 aromatic carbocycles. The Morgan fingerprint density at radius 1 is 0.870 bits per heavy atom. The number of amides is 1. The first-order valence-corrected chi connectivity index (χ1v) is 13.5. The molecule has 1 fully saturated rings. The number of carboxylic acid groups (broad SMARTS) is 2. The first kappa shape index (κ1) is 35.4. The van der Waals surface area contributed by atoms with Crippen LogP contribution in [0.3, 0.4) is 0 Å². The third kappa shape index (κ3) is 10.8. The van der Waals surface area contributed by atoms with Crippen LogP contribution in [0.4, 0.5) is 26.3 Å². The molecule has 246 valence electrons. The molecule has 1 atom stereocenters. The van der Waals surface area contributed by atoms with Crippen molar-refractivity contribution in [3.05, 3.63) is 95.7 Å². The fraction of sp³-hybridized carbons (Fsp3) is 0.310. The first-order valence-electron chi connectivity index (χ1n) is 13.5. The summed E-state index contributed by atoms with van der Waals surface area (Å²) in [5, 5.41) is 26.0. The number of rotatable bonds is 7. The lowest BCUT2D eigenvalue weighted by Crippen LogP contribution is -2.26. The summed E-state index contributed by atoms with van der Waals surface area (Å²) in [6, 6.07) is 20.0. The summed E-state index contributed by atoms with van der Waals surface area (Å²) in [4.78, 5) is 37.2. The summed E-state index contributed by atoms with van der Waals surface area (Å²) in [5.41, 5.74) is 3.67. The van der Waals surface area contributed by atoms with Gasteiger partial charge in [0, 0.05) is 50.1 Å². The van der Waals surface area contributed by atoms with Gasteiger partial charge in [0.25, 0.3) is 5.91 Å². The lowest BCUT2D eigenvalue weighted by molar-refractivity contribution is -0.193. The number of carboxylic acids is 2. The number of fused-ring (bicyclic) bond motifs is 1. The van der Waals surface area contributed by atoms with E-state index in [0.717, 1.165) is 43.2 Å². The van der Waals surface area contributed by atoms with E-state index in [0.29, 0.717) is 24.4 Å². The van der Waals surface area contributed by atoms with E-state index < -0.39 is 24.3 Å². The Morgan fingerprint density at radius 2 is 1.50 bits per heavy atom. The van der Waals surface area contributed by atoms with Crippen molar-refractivity contribution in [1.82, 2.24) is 29.8 Å². The Bertz CT molecular complexity index is 1580. The number of hydrogen-bond donors (Lipinski definition) is 3. The van der Waals surface area contributed by atoms with Crippen molar-refractivity contribution in [2.75, 3.05) is 19.6 Å². The Balaban J connectivity index is 0.000000345. The SMILES string of the molecule is O=C(NCCc1ccccn1)c1ccc2nnc(C3CCN(Cc4ccccc4)C3)n2c1.O=C(O)C(F)(F)F.O=C(O)C(F)(F)F. The van der Waals surface area contributed by atoms with Crippen LogP contribution in [0.15, 0.2) is 73.1 Å². The van der Waals surface area contributed by atoms with E-state index in [2.05, 4.69) is 49.7 Å². The average Bonchev–Trinajstić information content (AvgIpc) is 3.64. The molecule has 5 rings (SSSR count). The number of pyridine rings is 2. The number of nitrogens with zero attached hydrogens (tertiary/aromatic N) is 5. The van der Waals surface area contributed by atoms with E-state index in [-0.39, 0.29) is 5.91 Å². The molecule has 1 amide bonds. The monoisotopic (exact) mass is 654 g/mol. The second kappa shape index (κ2) is 15.8. The van der Waals surface area contributed by atoms with E-state index in [1.54, 1.807) is 12.3 Å². The zero-order valence-electron chi connectivity index (χ0n) is 23.9. The van der Waals surface area contributed by atoms with Crippen molar-refractivity contribution in [1.29, 1.82) is 0 Å². The smallest absolute Gasteiger partial charge is 0.475 e. The molecule has 1 unspecified atom stereocenters. The number of hydrogen-bond acceptors (Lipinski definition) is 7. The van der Waals surface area contributed by atoms with Crippen molar-refractivity contribution in [3.8, 4) is 0 Å². The number of aromatic nitrogens is 4. The highest BCUT2D eigenvalue weighted by atomic mass is 19.4. The summed E-state index contributed by atoms with van der Waals surface area (Å²) in [6.45, 7) is 3.45. The highest BCUT2D eigenvalue weighted by molar-refractivity contribution is 5.94. The zero-order valence-corrected chi connectivity index (χ0v) is 23.9.